The monoisotopic (exact) mass is 361 g/mol. The molecule has 5 nitrogen and oxygen atoms in total. The molecule has 26 heavy (non-hydrogen) atoms. The summed E-state index contributed by atoms with van der Waals surface area (Å²) in [5.41, 5.74) is 1.40. The number of halogens is 1. The Morgan fingerprint density at radius 3 is 2.92 bits per heavy atom. The molecule has 142 valence electrons. The SMILES string of the molecule is CC(C)(C(=O)Nc1ccc(NCC2CCCO2)c(F)c1)C1=CCNCC1. The van der Waals surface area contributed by atoms with E-state index in [-0.39, 0.29) is 17.8 Å². The van der Waals surface area contributed by atoms with Crippen molar-refractivity contribution >= 4 is 17.3 Å². The topological polar surface area (TPSA) is 62.4 Å². The van der Waals surface area contributed by atoms with Gasteiger partial charge in [-0.3, -0.25) is 4.79 Å². The second kappa shape index (κ2) is 8.18. The van der Waals surface area contributed by atoms with Crippen molar-refractivity contribution in [1.82, 2.24) is 5.32 Å². The normalized spacial score (nSPS) is 20.6. The lowest BCUT2D eigenvalue weighted by molar-refractivity contribution is -0.122. The number of hydrogen-bond acceptors (Lipinski definition) is 4. The van der Waals surface area contributed by atoms with Gasteiger partial charge in [-0.1, -0.05) is 11.6 Å². The van der Waals surface area contributed by atoms with Crippen LogP contribution in [0, 0.1) is 11.2 Å². The largest absolute Gasteiger partial charge is 0.380 e. The van der Waals surface area contributed by atoms with Crippen LogP contribution < -0.4 is 16.0 Å². The molecule has 0 bridgehead atoms. The van der Waals surface area contributed by atoms with Gasteiger partial charge in [0.25, 0.3) is 0 Å². The molecular formula is C20H28FN3O2. The fraction of sp³-hybridized carbons (Fsp3) is 0.550. The molecule has 1 unspecified atom stereocenters. The average molecular weight is 361 g/mol. The summed E-state index contributed by atoms with van der Waals surface area (Å²) >= 11 is 0. The Labute approximate surface area is 154 Å². The van der Waals surface area contributed by atoms with Gasteiger partial charge in [0, 0.05) is 25.4 Å². The van der Waals surface area contributed by atoms with Gasteiger partial charge in [-0.15, -0.1) is 0 Å². The zero-order chi connectivity index (χ0) is 18.6. The van der Waals surface area contributed by atoms with Gasteiger partial charge in [-0.25, -0.2) is 4.39 Å². The average Bonchev–Trinajstić information content (AvgIpc) is 3.15. The molecule has 1 atom stereocenters. The number of carbonyl (C=O) groups excluding carboxylic acids is 1. The lowest BCUT2D eigenvalue weighted by Gasteiger charge is -2.29. The van der Waals surface area contributed by atoms with E-state index in [2.05, 4.69) is 22.0 Å². The van der Waals surface area contributed by atoms with Gasteiger partial charge in [-0.2, -0.15) is 0 Å². The van der Waals surface area contributed by atoms with E-state index >= 15 is 0 Å². The minimum atomic E-state index is -0.616. The molecule has 1 aromatic carbocycles. The van der Waals surface area contributed by atoms with E-state index in [4.69, 9.17) is 4.74 Å². The fourth-order valence-corrected chi connectivity index (χ4v) is 3.39. The van der Waals surface area contributed by atoms with Crippen molar-refractivity contribution in [2.45, 2.75) is 39.2 Å². The smallest absolute Gasteiger partial charge is 0.234 e. The summed E-state index contributed by atoms with van der Waals surface area (Å²) in [6.07, 6.45) is 5.13. The maximum atomic E-state index is 14.4. The van der Waals surface area contributed by atoms with Crippen molar-refractivity contribution in [2.75, 3.05) is 36.9 Å². The summed E-state index contributed by atoms with van der Waals surface area (Å²) in [7, 11) is 0. The molecule has 0 aromatic heterocycles. The van der Waals surface area contributed by atoms with E-state index in [0.29, 0.717) is 17.9 Å². The van der Waals surface area contributed by atoms with E-state index in [1.807, 2.05) is 13.8 Å². The van der Waals surface area contributed by atoms with Gasteiger partial charge in [0.15, 0.2) is 0 Å². The van der Waals surface area contributed by atoms with Crippen LogP contribution in [0.2, 0.25) is 0 Å². The van der Waals surface area contributed by atoms with Crippen LogP contribution >= 0.6 is 0 Å². The highest BCUT2D eigenvalue weighted by molar-refractivity contribution is 5.97. The summed E-state index contributed by atoms with van der Waals surface area (Å²) in [6.45, 7) is 6.86. The molecule has 2 aliphatic heterocycles. The van der Waals surface area contributed by atoms with Crippen LogP contribution in [-0.4, -0.2) is 38.3 Å². The summed E-state index contributed by atoms with van der Waals surface area (Å²) in [5.74, 6) is -0.496. The van der Waals surface area contributed by atoms with Gasteiger partial charge in [0.05, 0.1) is 17.2 Å². The van der Waals surface area contributed by atoms with Crippen LogP contribution in [0.4, 0.5) is 15.8 Å². The number of rotatable bonds is 6. The molecule has 0 saturated carbocycles. The Morgan fingerprint density at radius 1 is 1.42 bits per heavy atom. The van der Waals surface area contributed by atoms with E-state index < -0.39 is 5.41 Å². The third-order valence-electron chi connectivity index (χ3n) is 5.21. The first-order valence-corrected chi connectivity index (χ1v) is 9.33. The quantitative estimate of drug-likeness (QED) is 0.681. The number of amides is 1. The predicted octanol–water partition coefficient (Wildman–Crippen LogP) is 3.30. The number of carbonyl (C=O) groups is 1. The highest BCUT2D eigenvalue weighted by Crippen LogP contribution is 2.31. The van der Waals surface area contributed by atoms with E-state index in [9.17, 15) is 9.18 Å². The lowest BCUT2D eigenvalue weighted by atomic mass is 9.80. The van der Waals surface area contributed by atoms with Crippen LogP contribution in [0.1, 0.15) is 33.1 Å². The third kappa shape index (κ3) is 4.43. The fourth-order valence-electron chi connectivity index (χ4n) is 3.39. The number of benzene rings is 1. The summed E-state index contributed by atoms with van der Waals surface area (Å²) in [6, 6.07) is 4.75. The molecule has 1 saturated heterocycles. The molecular weight excluding hydrogens is 333 g/mol. The molecule has 0 aliphatic carbocycles. The van der Waals surface area contributed by atoms with Crippen molar-refractivity contribution in [1.29, 1.82) is 0 Å². The number of hydrogen-bond donors (Lipinski definition) is 3. The molecule has 1 fully saturated rings. The highest BCUT2D eigenvalue weighted by atomic mass is 19.1. The van der Waals surface area contributed by atoms with Crippen molar-refractivity contribution in [2.24, 2.45) is 5.41 Å². The Morgan fingerprint density at radius 2 is 2.27 bits per heavy atom. The van der Waals surface area contributed by atoms with Crippen LogP contribution in [-0.2, 0) is 9.53 Å². The Bertz CT molecular complexity index is 682. The van der Waals surface area contributed by atoms with Gasteiger partial charge in [0.1, 0.15) is 5.82 Å². The van der Waals surface area contributed by atoms with Crippen LogP contribution in [0.3, 0.4) is 0 Å². The van der Waals surface area contributed by atoms with Crippen LogP contribution in [0.15, 0.2) is 29.8 Å². The molecule has 0 spiro atoms. The maximum absolute atomic E-state index is 14.4. The zero-order valence-corrected chi connectivity index (χ0v) is 15.5. The van der Waals surface area contributed by atoms with Gasteiger partial charge in [-0.05, 0) is 57.9 Å². The maximum Gasteiger partial charge on any atom is 0.234 e. The highest BCUT2D eigenvalue weighted by Gasteiger charge is 2.32. The molecule has 3 rings (SSSR count). The van der Waals surface area contributed by atoms with Crippen LogP contribution in [0.5, 0.6) is 0 Å². The Kier molecular flexibility index (Phi) is 5.94. The van der Waals surface area contributed by atoms with Gasteiger partial charge < -0.3 is 20.7 Å². The van der Waals surface area contributed by atoms with E-state index in [0.717, 1.165) is 44.5 Å². The summed E-state index contributed by atoms with van der Waals surface area (Å²) in [4.78, 5) is 12.7. The molecule has 3 N–H and O–H groups in total. The second-order valence-electron chi connectivity index (χ2n) is 7.47. The zero-order valence-electron chi connectivity index (χ0n) is 15.5. The Balaban J connectivity index is 1.61. The lowest BCUT2D eigenvalue weighted by Crippen LogP contribution is -2.36. The molecule has 1 aromatic rings. The van der Waals surface area contributed by atoms with Crippen LogP contribution in [0.25, 0.3) is 0 Å². The minimum absolute atomic E-state index is 0.120. The molecule has 0 radical (unpaired) electrons. The van der Waals surface area contributed by atoms with Gasteiger partial charge in [0.2, 0.25) is 5.91 Å². The first kappa shape index (κ1) is 18.9. The van der Waals surface area contributed by atoms with Crippen molar-refractivity contribution < 1.29 is 13.9 Å². The predicted molar refractivity (Wildman–Crippen MR) is 102 cm³/mol. The number of ether oxygens (including phenoxy) is 1. The molecule has 6 heteroatoms. The number of anilines is 2. The summed E-state index contributed by atoms with van der Waals surface area (Å²) < 4.78 is 19.9. The van der Waals surface area contributed by atoms with E-state index in [1.54, 1.807) is 12.1 Å². The van der Waals surface area contributed by atoms with Crippen molar-refractivity contribution in [3.05, 3.63) is 35.7 Å². The Hall–Kier alpha value is -1.92. The van der Waals surface area contributed by atoms with Gasteiger partial charge >= 0.3 is 0 Å². The van der Waals surface area contributed by atoms with Crippen molar-refractivity contribution in [3.8, 4) is 0 Å². The number of nitrogens with one attached hydrogen (secondary N) is 3. The molecule has 2 heterocycles. The minimum Gasteiger partial charge on any atom is -0.380 e. The van der Waals surface area contributed by atoms with E-state index in [1.165, 1.54) is 6.07 Å². The molecule has 1 amide bonds. The first-order valence-electron chi connectivity index (χ1n) is 9.33. The standard InChI is InChI=1S/C20H28FN3O2/c1-20(2,14-7-9-22-10-8-14)19(25)24-15-5-6-18(17(21)12-15)23-13-16-4-3-11-26-16/h5-7,12,16,22-23H,3-4,8-11,13H2,1-2H3,(H,24,25). The second-order valence-corrected chi connectivity index (χ2v) is 7.47. The summed E-state index contributed by atoms with van der Waals surface area (Å²) in [5, 5.41) is 9.19. The van der Waals surface area contributed by atoms with Crippen molar-refractivity contribution in [3.63, 3.8) is 0 Å². The third-order valence-corrected chi connectivity index (χ3v) is 5.21. The first-order chi connectivity index (χ1) is 12.5. The molecule has 2 aliphatic rings.